The number of halogens is 1. The number of anilines is 1. The van der Waals surface area contributed by atoms with Gasteiger partial charge in [0.1, 0.15) is 5.75 Å². The first-order valence-electron chi connectivity index (χ1n) is 7.75. The van der Waals surface area contributed by atoms with Crippen molar-refractivity contribution < 1.29 is 9.53 Å². The third kappa shape index (κ3) is 3.95. The number of benzene rings is 3. The van der Waals surface area contributed by atoms with Crippen molar-refractivity contribution in [2.75, 3.05) is 5.32 Å². The van der Waals surface area contributed by atoms with Crippen LogP contribution < -0.4 is 10.1 Å². The van der Waals surface area contributed by atoms with Crippen molar-refractivity contribution in [1.29, 1.82) is 0 Å². The minimum Gasteiger partial charge on any atom is -0.481 e. The van der Waals surface area contributed by atoms with Crippen molar-refractivity contribution in [2.45, 2.75) is 20.0 Å². The predicted octanol–water partition coefficient (Wildman–Crippen LogP) is 5.32. The van der Waals surface area contributed by atoms with Gasteiger partial charge in [-0.25, -0.2) is 0 Å². The molecule has 24 heavy (non-hydrogen) atoms. The van der Waals surface area contributed by atoms with Gasteiger partial charge in [0.05, 0.1) is 0 Å². The molecule has 0 fully saturated rings. The fraction of sp³-hybridized carbons (Fsp3) is 0.150. The van der Waals surface area contributed by atoms with Crippen molar-refractivity contribution in [1.82, 2.24) is 0 Å². The Morgan fingerprint density at radius 3 is 2.58 bits per heavy atom. The van der Waals surface area contributed by atoms with Crippen LogP contribution in [0.15, 0.2) is 65.1 Å². The molecule has 3 nitrogen and oxygen atoms in total. The Morgan fingerprint density at radius 2 is 1.79 bits per heavy atom. The molecule has 0 aliphatic rings. The van der Waals surface area contributed by atoms with Crippen LogP contribution in [0.4, 0.5) is 5.69 Å². The van der Waals surface area contributed by atoms with Crippen LogP contribution in [0.5, 0.6) is 5.75 Å². The fourth-order valence-electron chi connectivity index (χ4n) is 2.49. The number of hydrogen-bond donors (Lipinski definition) is 1. The van der Waals surface area contributed by atoms with Gasteiger partial charge < -0.3 is 10.1 Å². The van der Waals surface area contributed by atoms with Crippen LogP contribution in [0.2, 0.25) is 0 Å². The summed E-state index contributed by atoms with van der Waals surface area (Å²) >= 11 is 3.46. The molecule has 3 aromatic carbocycles. The number of amides is 1. The zero-order valence-electron chi connectivity index (χ0n) is 13.5. The van der Waals surface area contributed by atoms with Gasteiger partial charge in [0.15, 0.2) is 6.10 Å². The summed E-state index contributed by atoms with van der Waals surface area (Å²) in [5.74, 6) is 0.508. The third-order valence-electron chi connectivity index (χ3n) is 3.74. The molecule has 0 unspecified atom stereocenters. The van der Waals surface area contributed by atoms with Crippen molar-refractivity contribution in [3.63, 3.8) is 0 Å². The molecule has 122 valence electrons. The lowest BCUT2D eigenvalue weighted by molar-refractivity contribution is -0.122. The molecule has 0 aliphatic heterocycles. The summed E-state index contributed by atoms with van der Waals surface area (Å²) in [4.78, 5) is 12.3. The SMILES string of the molecule is Cc1cccc(NC(=O)[C@@H](C)Oc2ccc3cc(Br)ccc3c2)c1. The Kier molecular flexibility index (Phi) is 4.86. The highest BCUT2D eigenvalue weighted by atomic mass is 79.9. The maximum absolute atomic E-state index is 12.3. The molecule has 1 atom stereocenters. The highest BCUT2D eigenvalue weighted by Gasteiger charge is 2.15. The summed E-state index contributed by atoms with van der Waals surface area (Å²) < 4.78 is 6.83. The zero-order chi connectivity index (χ0) is 17.1. The van der Waals surface area contributed by atoms with E-state index < -0.39 is 6.10 Å². The summed E-state index contributed by atoms with van der Waals surface area (Å²) in [5.41, 5.74) is 1.88. The average molecular weight is 384 g/mol. The molecule has 0 heterocycles. The Hall–Kier alpha value is -2.33. The van der Waals surface area contributed by atoms with Gasteiger partial charge in [-0.1, -0.05) is 40.2 Å². The number of hydrogen-bond acceptors (Lipinski definition) is 2. The van der Waals surface area contributed by atoms with Crippen molar-refractivity contribution in [3.05, 3.63) is 70.7 Å². The Balaban J connectivity index is 1.70. The molecule has 1 N–H and O–H groups in total. The van der Waals surface area contributed by atoms with E-state index in [-0.39, 0.29) is 5.91 Å². The van der Waals surface area contributed by atoms with E-state index in [9.17, 15) is 4.79 Å². The molecule has 3 rings (SSSR count). The van der Waals surface area contributed by atoms with Gasteiger partial charge in [0.25, 0.3) is 5.91 Å². The lowest BCUT2D eigenvalue weighted by Gasteiger charge is -2.15. The molecule has 0 aromatic heterocycles. The van der Waals surface area contributed by atoms with E-state index in [1.54, 1.807) is 6.92 Å². The number of carbonyl (C=O) groups excluding carboxylic acids is 1. The molecule has 0 radical (unpaired) electrons. The van der Waals surface area contributed by atoms with Gasteiger partial charge in [-0.05, 0) is 66.6 Å². The molecular formula is C20H18BrNO2. The fourth-order valence-corrected chi connectivity index (χ4v) is 2.87. The van der Waals surface area contributed by atoms with Crippen LogP contribution >= 0.6 is 15.9 Å². The average Bonchev–Trinajstić information content (AvgIpc) is 2.55. The van der Waals surface area contributed by atoms with Crippen molar-refractivity contribution >= 4 is 38.3 Å². The Bertz CT molecular complexity index is 892. The molecule has 1 amide bonds. The standard InChI is InChI=1S/C20H18BrNO2/c1-13-4-3-5-18(10-13)22-20(23)14(2)24-19-9-7-15-11-17(21)8-6-16(15)12-19/h3-12,14H,1-2H3,(H,22,23)/t14-/m1/s1. The van der Waals surface area contributed by atoms with Gasteiger partial charge >= 0.3 is 0 Å². The van der Waals surface area contributed by atoms with Crippen molar-refractivity contribution in [3.8, 4) is 5.75 Å². The van der Waals surface area contributed by atoms with Crippen LogP contribution in [0, 0.1) is 6.92 Å². The summed E-state index contributed by atoms with van der Waals surface area (Å²) in [5, 5.41) is 5.07. The second kappa shape index (κ2) is 7.05. The second-order valence-electron chi connectivity index (χ2n) is 5.77. The van der Waals surface area contributed by atoms with Crippen LogP contribution in [0.1, 0.15) is 12.5 Å². The predicted molar refractivity (Wildman–Crippen MR) is 102 cm³/mol. The zero-order valence-corrected chi connectivity index (χ0v) is 15.1. The van der Waals surface area contributed by atoms with Gasteiger partial charge in [-0.15, -0.1) is 0 Å². The van der Waals surface area contributed by atoms with E-state index in [1.165, 1.54) is 0 Å². The number of fused-ring (bicyclic) bond motifs is 1. The first kappa shape index (κ1) is 16.5. The highest BCUT2D eigenvalue weighted by Crippen LogP contribution is 2.25. The maximum Gasteiger partial charge on any atom is 0.265 e. The quantitative estimate of drug-likeness (QED) is 0.662. The summed E-state index contributed by atoms with van der Waals surface area (Å²) in [7, 11) is 0. The molecule has 3 aromatic rings. The molecule has 4 heteroatoms. The lowest BCUT2D eigenvalue weighted by Crippen LogP contribution is -2.30. The van der Waals surface area contributed by atoms with Crippen molar-refractivity contribution in [2.24, 2.45) is 0 Å². The third-order valence-corrected chi connectivity index (χ3v) is 4.23. The molecular weight excluding hydrogens is 366 g/mol. The number of aryl methyl sites for hydroxylation is 1. The number of carbonyl (C=O) groups is 1. The first-order chi connectivity index (χ1) is 11.5. The highest BCUT2D eigenvalue weighted by molar-refractivity contribution is 9.10. The Morgan fingerprint density at radius 1 is 1.04 bits per heavy atom. The second-order valence-corrected chi connectivity index (χ2v) is 6.69. The monoisotopic (exact) mass is 383 g/mol. The lowest BCUT2D eigenvalue weighted by atomic mass is 10.1. The van der Waals surface area contributed by atoms with Crippen LogP contribution in [0.3, 0.4) is 0 Å². The normalized spacial score (nSPS) is 12.0. The van der Waals surface area contributed by atoms with E-state index in [1.807, 2.05) is 67.6 Å². The Labute approximate surface area is 149 Å². The number of rotatable bonds is 4. The van der Waals surface area contributed by atoms with Crippen LogP contribution in [-0.4, -0.2) is 12.0 Å². The molecule has 0 saturated heterocycles. The van der Waals surface area contributed by atoms with Gasteiger partial charge in [0.2, 0.25) is 0 Å². The van der Waals surface area contributed by atoms with E-state index >= 15 is 0 Å². The minimum absolute atomic E-state index is 0.170. The van der Waals surface area contributed by atoms with Gasteiger partial charge in [-0.2, -0.15) is 0 Å². The molecule has 0 spiro atoms. The number of nitrogens with one attached hydrogen (secondary N) is 1. The van der Waals surface area contributed by atoms with Gasteiger partial charge in [-0.3, -0.25) is 4.79 Å². The molecule has 0 aliphatic carbocycles. The van der Waals surface area contributed by atoms with E-state index in [2.05, 4.69) is 21.2 Å². The first-order valence-corrected chi connectivity index (χ1v) is 8.54. The van der Waals surface area contributed by atoms with Crippen LogP contribution in [-0.2, 0) is 4.79 Å². The van der Waals surface area contributed by atoms with E-state index in [0.717, 1.165) is 26.5 Å². The van der Waals surface area contributed by atoms with Crippen LogP contribution in [0.25, 0.3) is 10.8 Å². The topological polar surface area (TPSA) is 38.3 Å². The number of ether oxygens (including phenoxy) is 1. The van der Waals surface area contributed by atoms with E-state index in [0.29, 0.717) is 5.75 Å². The van der Waals surface area contributed by atoms with E-state index in [4.69, 9.17) is 4.74 Å². The molecule has 0 bridgehead atoms. The minimum atomic E-state index is -0.585. The molecule has 0 saturated carbocycles. The summed E-state index contributed by atoms with van der Waals surface area (Å²) in [6, 6.07) is 19.6. The van der Waals surface area contributed by atoms with Gasteiger partial charge in [0, 0.05) is 10.2 Å². The maximum atomic E-state index is 12.3. The largest absolute Gasteiger partial charge is 0.481 e. The summed E-state index contributed by atoms with van der Waals surface area (Å²) in [6.45, 7) is 3.74. The summed E-state index contributed by atoms with van der Waals surface area (Å²) in [6.07, 6.45) is -0.585. The smallest absolute Gasteiger partial charge is 0.265 e.